The summed E-state index contributed by atoms with van der Waals surface area (Å²) in [7, 11) is 0. The third-order valence-corrected chi connectivity index (χ3v) is 2.07. The van der Waals surface area contributed by atoms with E-state index in [1.165, 1.54) is 6.07 Å². The fourth-order valence-corrected chi connectivity index (χ4v) is 1.54. The molecule has 0 aliphatic carbocycles. The summed E-state index contributed by atoms with van der Waals surface area (Å²) >= 11 is 3.18. The van der Waals surface area contributed by atoms with E-state index in [1.54, 1.807) is 22.9 Å². The molecule has 0 aliphatic rings. The fraction of sp³-hybridized carbons (Fsp3) is 0. The van der Waals surface area contributed by atoms with E-state index in [-0.39, 0.29) is 5.56 Å². The molecule has 0 saturated carbocycles. The predicted molar refractivity (Wildman–Crippen MR) is 49.9 cm³/mol. The van der Waals surface area contributed by atoms with E-state index in [1.807, 2.05) is 0 Å². The Balaban J connectivity index is 2.82. The maximum Gasteiger partial charge on any atom is 0.339 e. The van der Waals surface area contributed by atoms with Crippen LogP contribution in [0.15, 0.2) is 29.1 Å². The molecule has 0 fully saturated rings. The van der Waals surface area contributed by atoms with Gasteiger partial charge in [-0.1, -0.05) is 0 Å². The standard InChI is InChI=1S/C8H5BrN2O2/c9-6-4-11-3-1-2-5(8(12)13)7(11)10-6/h1-4H,(H,12,13). The third kappa shape index (κ3) is 1.31. The fourth-order valence-electron chi connectivity index (χ4n) is 1.15. The van der Waals surface area contributed by atoms with E-state index in [4.69, 9.17) is 5.11 Å². The molecule has 0 atom stereocenters. The molecule has 0 unspecified atom stereocenters. The van der Waals surface area contributed by atoms with Gasteiger partial charge in [0.2, 0.25) is 0 Å². The lowest BCUT2D eigenvalue weighted by Gasteiger charge is -1.95. The van der Waals surface area contributed by atoms with Crippen LogP contribution in [0.2, 0.25) is 0 Å². The van der Waals surface area contributed by atoms with E-state index < -0.39 is 5.97 Å². The van der Waals surface area contributed by atoms with Crippen LogP contribution in [0.3, 0.4) is 0 Å². The Morgan fingerprint density at radius 2 is 2.38 bits per heavy atom. The number of halogens is 1. The monoisotopic (exact) mass is 240 g/mol. The van der Waals surface area contributed by atoms with Gasteiger partial charge in [-0.2, -0.15) is 0 Å². The molecule has 4 nitrogen and oxygen atoms in total. The van der Waals surface area contributed by atoms with Gasteiger partial charge in [0.05, 0.1) is 0 Å². The number of fused-ring (bicyclic) bond motifs is 1. The summed E-state index contributed by atoms with van der Waals surface area (Å²) in [5.41, 5.74) is 0.648. The second-order valence-electron chi connectivity index (χ2n) is 2.52. The van der Waals surface area contributed by atoms with E-state index in [0.717, 1.165) is 0 Å². The molecule has 13 heavy (non-hydrogen) atoms. The molecule has 2 heterocycles. The van der Waals surface area contributed by atoms with Gasteiger partial charge in [-0.05, 0) is 28.1 Å². The summed E-state index contributed by atoms with van der Waals surface area (Å²) < 4.78 is 2.29. The van der Waals surface area contributed by atoms with Gasteiger partial charge in [-0.25, -0.2) is 9.78 Å². The Morgan fingerprint density at radius 3 is 3.08 bits per heavy atom. The summed E-state index contributed by atoms with van der Waals surface area (Å²) in [6.07, 6.45) is 3.46. The van der Waals surface area contributed by atoms with Gasteiger partial charge in [0.25, 0.3) is 0 Å². The average Bonchev–Trinajstić information content (AvgIpc) is 2.43. The average molecular weight is 241 g/mol. The van der Waals surface area contributed by atoms with Crippen molar-refractivity contribution in [2.24, 2.45) is 0 Å². The van der Waals surface area contributed by atoms with Crippen molar-refractivity contribution >= 4 is 27.5 Å². The van der Waals surface area contributed by atoms with Crippen LogP contribution < -0.4 is 0 Å². The first kappa shape index (κ1) is 8.25. The Hall–Kier alpha value is -1.36. The van der Waals surface area contributed by atoms with Gasteiger partial charge < -0.3 is 9.51 Å². The van der Waals surface area contributed by atoms with Crippen molar-refractivity contribution < 1.29 is 9.90 Å². The molecule has 0 radical (unpaired) electrons. The molecular formula is C8H5BrN2O2. The van der Waals surface area contributed by atoms with Crippen molar-refractivity contribution in [3.05, 3.63) is 34.7 Å². The number of hydrogen-bond acceptors (Lipinski definition) is 2. The number of aromatic nitrogens is 2. The van der Waals surface area contributed by atoms with Gasteiger partial charge in [0, 0.05) is 12.4 Å². The zero-order chi connectivity index (χ0) is 9.42. The predicted octanol–water partition coefficient (Wildman–Crippen LogP) is 1.79. The van der Waals surface area contributed by atoms with Crippen molar-refractivity contribution in [2.45, 2.75) is 0 Å². The second-order valence-corrected chi connectivity index (χ2v) is 3.33. The molecular weight excluding hydrogens is 236 g/mol. The molecule has 0 amide bonds. The molecule has 66 valence electrons. The number of carboxylic acid groups (broad SMARTS) is 1. The minimum Gasteiger partial charge on any atom is -0.478 e. The number of carboxylic acids is 1. The third-order valence-electron chi connectivity index (χ3n) is 1.68. The van der Waals surface area contributed by atoms with Crippen LogP contribution in [-0.4, -0.2) is 20.5 Å². The highest BCUT2D eigenvalue weighted by Crippen LogP contribution is 2.14. The molecule has 5 heteroatoms. The van der Waals surface area contributed by atoms with E-state index in [0.29, 0.717) is 10.3 Å². The number of hydrogen-bond donors (Lipinski definition) is 1. The van der Waals surface area contributed by atoms with Crippen LogP contribution in [0.25, 0.3) is 5.65 Å². The maximum absolute atomic E-state index is 10.8. The molecule has 1 N–H and O–H groups in total. The molecule has 2 aromatic heterocycles. The van der Waals surface area contributed by atoms with E-state index >= 15 is 0 Å². The van der Waals surface area contributed by atoms with Crippen molar-refractivity contribution in [2.75, 3.05) is 0 Å². The molecule has 0 saturated heterocycles. The zero-order valence-corrected chi connectivity index (χ0v) is 8.02. The minimum absolute atomic E-state index is 0.202. The molecule has 2 aromatic rings. The summed E-state index contributed by atoms with van der Waals surface area (Å²) in [4.78, 5) is 14.8. The highest BCUT2D eigenvalue weighted by Gasteiger charge is 2.10. The maximum atomic E-state index is 10.8. The van der Waals surface area contributed by atoms with Crippen molar-refractivity contribution in [3.8, 4) is 0 Å². The van der Waals surface area contributed by atoms with Crippen LogP contribution in [0.4, 0.5) is 0 Å². The number of aromatic carboxylic acids is 1. The lowest BCUT2D eigenvalue weighted by Crippen LogP contribution is -1.99. The van der Waals surface area contributed by atoms with E-state index in [9.17, 15) is 4.79 Å². The second kappa shape index (κ2) is 2.85. The van der Waals surface area contributed by atoms with Crippen LogP contribution in [0.1, 0.15) is 10.4 Å². The van der Waals surface area contributed by atoms with Gasteiger partial charge >= 0.3 is 5.97 Å². The number of pyridine rings is 1. The SMILES string of the molecule is O=C(O)c1cccn2cc(Br)nc12. The van der Waals surface area contributed by atoms with Crippen LogP contribution in [0, 0.1) is 0 Å². The number of imidazole rings is 1. The molecule has 2 rings (SSSR count). The first-order valence-corrected chi connectivity index (χ1v) is 4.34. The summed E-state index contributed by atoms with van der Waals surface area (Å²) in [5, 5.41) is 8.82. The molecule has 0 aliphatic heterocycles. The van der Waals surface area contributed by atoms with Crippen LogP contribution in [-0.2, 0) is 0 Å². The Labute approximate surface area is 82.0 Å². The summed E-state index contributed by atoms with van der Waals surface area (Å²) in [6.45, 7) is 0. The van der Waals surface area contributed by atoms with Crippen molar-refractivity contribution in [1.29, 1.82) is 0 Å². The quantitative estimate of drug-likeness (QED) is 0.828. The molecule has 0 bridgehead atoms. The first-order valence-electron chi connectivity index (χ1n) is 3.55. The van der Waals surface area contributed by atoms with Crippen LogP contribution in [0.5, 0.6) is 0 Å². The molecule has 0 spiro atoms. The summed E-state index contributed by atoms with van der Waals surface area (Å²) in [5.74, 6) is -0.969. The lowest BCUT2D eigenvalue weighted by atomic mass is 10.3. The molecule has 0 aromatic carbocycles. The minimum atomic E-state index is -0.969. The van der Waals surface area contributed by atoms with Gasteiger partial charge in [-0.3, -0.25) is 0 Å². The lowest BCUT2D eigenvalue weighted by molar-refractivity contribution is 0.0698. The Bertz CT molecular complexity index is 478. The zero-order valence-electron chi connectivity index (χ0n) is 6.44. The van der Waals surface area contributed by atoms with Gasteiger partial charge in [0.1, 0.15) is 10.2 Å². The topological polar surface area (TPSA) is 54.6 Å². The number of rotatable bonds is 1. The largest absolute Gasteiger partial charge is 0.478 e. The highest BCUT2D eigenvalue weighted by atomic mass is 79.9. The Morgan fingerprint density at radius 1 is 1.62 bits per heavy atom. The number of carbonyl (C=O) groups is 1. The smallest absolute Gasteiger partial charge is 0.339 e. The van der Waals surface area contributed by atoms with Crippen molar-refractivity contribution in [3.63, 3.8) is 0 Å². The van der Waals surface area contributed by atoms with E-state index in [2.05, 4.69) is 20.9 Å². The van der Waals surface area contributed by atoms with Crippen molar-refractivity contribution in [1.82, 2.24) is 9.38 Å². The number of nitrogens with zero attached hydrogens (tertiary/aromatic N) is 2. The van der Waals surface area contributed by atoms with Gasteiger partial charge in [0.15, 0.2) is 5.65 Å². The summed E-state index contributed by atoms with van der Waals surface area (Å²) in [6, 6.07) is 3.20. The van der Waals surface area contributed by atoms with Crippen LogP contribution >= 0.6 is 15.9 Å². The first-order chi connectivity index (χ1) is 6.18. The normalized spacial score (nSPS) is 10.5. The van der Waals surface area contributed by atoms with Gasteiger partial charge in [-0.15, -0.1) is 0 Å². The Kier molecular flexibility index (Phi) is 1.81. The highest BCUT2D eigenvalue weighted by molar-refractivity contribution is 9.10.